The van der Waals surface area contributed by atoms with Gasteiger partial charge in [-0.3, -0.25) is 4.79 Å². The summed E-state index contributed by atoms with van der Waals surface area (Å²) in [5, 5.41) is 0.600. The Bertz CT molecular complexity index is 482. The fraction of sp³-hybridized carbons (Fsp3) is 0.462. The predicted molar refractivity (Wildman–Crippen MR) is 83.5 cm³/mol. The van der Waals surface area contributed by atoms with Crippen LogP contribution in [0.5, 0.6) is 0 Å². The first-order chi connectivity index (χ1) is 8.99. The molecule has 2 atom stereocenters. The van der Waals surface area contributed by atoms with Gasteiger partial charge in [0.1, 0.15) is 0 Å². The van der Waals surface area contributed by atoms with E-state index in [-0.39, 0.29) is 18.1 Å². The highest BCUT2D eigenvalue weighted by molar-refractivity contribution is 14.1. The minimum atomic E-state index is -0.1000. The van der Waals surface area contributed by atoms with Crippen LogP contribution in [0, 0.1) is 3.57 Å². The molecule has 1 aliphatic rings. The summed E-state index contributed by atoms with van der Waals surface area (Å²) in [7, 11) is 0. The summed E-state index contributed by atoms with van der Waals surface area (Å²) in [5.41, 5.74) is 6.43. The first kappa shape index (κ1) is 15.0. The van der Waals surface area contributed by atoms with Gasteiger partial charge >= 0.3 is 0 Å². The van der Waals surface area contributed by atoms with Gasteiger partial charge in [-0.25, -0.2) is 0 Å². The number of halogens is 2. The maximum absolute atomic E-state index is 12.4. The minimum absolute atomic E-state index is 0.0211. The van der Waals surface area contributed by atoms with Crippen LogP contribution in [-0.2, 0) is 4.74 Å². The zero-order chi connectivity index (χ0) is 14.0. The lowest BCUT2D eigenvalue weighted by molar-refractivity contribution is -0.0300. The van der Waals surface area contributed by atoms with E-state index in [9.17, 15) is 4.79 Å². The predicted octanol–water partition coefficient (Wildman–Crippen LogP) is 2.13. The zero-order valence-electron chi connectivity index (χ0n) is 10.6. The largest absolute Gasteiger partial charge is 0.373 e. The Balaban J connectivity index is 2.12. The third-order valence-electron chi connectivity index (χ3n) is 3.13. The van der Waals surface area contributed by atoms with E-state index in [0.717, 1.165) is 3.57 Å². The number of benzene rings is 1. The van der Waals surface area contributed by atoms with Crippen molar-refractivity contribution in [3.63, 3.8) is 0 Å². The number of carbonyl (C=O) groups is 1. The Morgan fingerprint density at radius 2 is 2.37 bits per heavy atom. The van der Waals surface area contributed by atoms with E-state index < -0.39 is 0 Å². The Kier molecular flexibility index (Phi) is 5.05. The first-order valence-electron chi connectivity index (χ1n) is 6.10. The number of carbonyl (C=O) groups excluding carboxylic acids is 1. The van der Waals surface area contributed by atoms with Crippen molar-refractivity contribution in [3.05, 3.63) is 32.4 Å². The molecule has 0 aliphatic carbocycles. The molecule has 1 aliphatic heterocycles. The van der Waals surface area contributed by atoms with Gasteiger partial charge in [0, 0.05) is 28.3 Å². The molecule has 1 fully saturated rings. The van der Waals surface area contributed by atoms with Gasteiger partial charge in [-0.1, -0.05) is 11.6 Å². The van der Waals surface area contributed by atoms with E-state index in [2.05, 4.69) is 22.6 Å². The van der Waals surface area contributed by atoms with E-state index in [1.165, 1.54) is 0 Å². The molecule has 0 saturated carbocycles. The smallest absolute Gasteiger partial charge is 0.254 e. The fourth-order valence-corrected chi connectivity index (χ4v) is 2.51. The lowest BCUT2D eigenvalue weighted by Crippen LogP contribution is -2.51. The Hall–Kier alpha value is -0.370. The van der Waals surface area contributed by atoms with Crippen LogP contribution in [0.3, 0.4) is 0 Å². The average molecular weight is 395 g/mol. The molecule has 2 rings (SSSR count). The molecule has 0 spiro atoms. The molecule has 6 heteroatoms. The second-order valence-corrected chi connectivity index (χ2v) is 6.22. The summed E-state index contributed by atoms with van der Waals surface area (Å²) in [5.74, 6) is -0.0211. The maximum Gasteiger partial charge on any atom is 0.254 e. The second kappa shape index (κ2) is 6.39. The number of hydrogen-bond donors (Lipinski definition) is 1. The van der Waals surface area contributed by atoms with Gasteiger partial charge in [0.05, 0.1) is 17.7 Å². The summed E-state index contributed by atoms with van der Waals surface area (Å²) in [6.45, 7) is 3.53. The van der Waals surface area contributed by atoms with E-state index in [1.54, 1.807) is 17.0 Å². The van der Waals surface area contributed by atoms with Gasteiger partial charge in [-0.05, 0) is 47.7 Å². The molecule has 4 nitrogen and oxygen atoms in total. The molecule has 0 bridgehead atoms. The molecule has 2 N–H and O–H groups in total. The van der Waals surface area contributed by atoms with Gasteiger partial charge in [-0.15, -0.1) is 0 Å². The normalized spacial score (nSPS) is 21.3. The van der Waals surface area contributed by atoms with E-state index >= 15 is 0 Å². The quantitative estimate of drug-likeness (QED) is 0.782. The highest BCUT2D eigenvalue weighted by Crippen LogP contribution is 2.21. The van der Waals surface area contributed by atoms with Crippen LogP contribution in [0.2, 0.25) is 5.02 Å². The molecule has 0 aromatic heterocycles. The van der Waals surface area contributed by atoms with Crippen molar-refractivity contribution in [1.29, 1.82) is 0 Å². The average Bonchev–Trinajstić information content (AvgIpc) is 2.41. The summed E-state index contributed by atoms with van der Waals surface area (Å²) >= 11 is 8.19. The van der Waals surface area contributed by atoms with E-state index in [1.807, 2.05) is 13.0 Å². The van der Waals surface area contributed by atoms with Gasteiger partial charge < -0.3 is 15.4 Å². The molecule has 0 radical (unpaired) electrons. The lowest BCUT2D eigenvalue weighted by Gasteiger charge is -2.34. The van der Waals surface area contributed by atoms with Crippen LogP contribution in [0.1, 0.15) is 17.3 Å². The summed E-state index contributed by atoms with van der Waals surface area (Å²) in [4.78, 5) is 14.2. The third-order valence-corrected chi connectivity index (χ3v) is 4.71. The standard InChI is InChI=1S/C13H16ClIN2O2/c1-8(16)12-7-17(4-5-19-12)13(18)9-2-3-11(15)10(14)6-9/h2-3,6,8,12H,4-5,7,16H2,1H3. The number of ether oxygens (including phenoxy) is 1. The van der Waals surface area contributed by atoms with Crippen LogP contribution in [0.25, 0.3) is 0 Å². The molecule has 2 unspecified atom stereocenters. The van der Waals surface area contributed by atoms with E-state index in [4.69, 9.17) is 22.1 Å². The van der Waals surface area contributed by atoms with Crippen molar-refractivity contribution < 1.29 is 9.53 Å². The molecule has 104 valence electrons. The molecule has 1 heterocycles. The third kappa shape index (κ3) is 3.59. The number of nitrogens with two attached hydrogens (primary N) is 1. The number of nitrogens with zero attached hydrogens (tertiary/aromatic N) is 1. The first-order valence-corrected chi connectivity index (χ1v) is 7.56. The number of rotatable bonds is 2. The molecule has 1 aromatic rings. The van der Waals surface area contributed by atoms with Crippen LogP contribution in [-0.4, -0.2) is 42.6 Å². The van der Waals surface area contributed by atoms with Crippen LogP contribution in [0.15, 0.2) is 18.2 Å². The van der Waals surface area contributed by atoms with Crippen molar-refractivity contribution in [2.75, 3.05) is 19.7 Å². The molecular weight excluding hydrogens is 379 g/mol. The van der Waals surface area contributed by atoms with Gasteiger partial charge in [0.2, 0.25) is 0 Å². The molecule has 19 heavy (non-hydrogen) atoms. The zero-order valence-corrected chi connectivity index (χ0v) is 13.5. The lowest BCUT2D eigenvalue weighted by atomic mass is 10.1. The second-order valence-electron chi connectivity index (χ2n) is 4.65. The number of amides is 1. The summed E-state index contributed by atoms with van der Waals surface area (Å²) in [6.07, 6.45) is -0.1000. The Labute approximate surface area is 131 Å². The van der Waals surface area contributed by atoms with Crippen LogP contribution < -0.4 is 5.73 Å². The summed E-state index contributed by atoms with van der Waals surface area (Å²) in [6, 6.07) is 5.27. The van der Waals surface area contributed by atoms with Crippen LogP contribution >= 0.6 is 34.2 Å². The topological polar surface area (TPSA) is 55.6 Å². The van der Waals surface area contributed by atoms with Crippen molar-refractivity contribution in [1.82, 2.24) is 4.90 Å². The number of morpholine rings is 1. The summed E-state index contributed by atoms with van der Waals surface area (Å²) < 4.78 is 6.49. The monoisotopic (exact) mass is 394 g/mol. The highest BCUT2D eigenvalue weighted by atomic mass is 127. The van der Waals surface area contributed by atoms with Crippen molar-refractivity contribution >= 4 is 40.1 Å². The molecule has 1 amide bonds. The van der Waals surface area contributed by atoms with Crippen molar-refractivity contribution in [2.24, 2.45) is 5.73 Å². The van der Waals surface area contributed by atoms with Gasteiger partial charge in [-0.2, -0.15) is 0 Å². The highest BCUT2D eigenvalue weighted by Gasteiger charge is 2.27. The fourth-order valence-electron chi connectivity index (χ4n) is 1.99. The minimum Gasteiger partial charge on any atom is -0.373 e. The maximum atomic E-state index is 12.4. The molecule has 1 saturated heterocycles. The van der Waals surface area contributed by atoms with E-state index in [0.29, 0.717) is 30.3 Å². The van der Waals surface area contributed by atoms with Gasteiger partial charge in [0.25, 0.3) is 5.91 Å². The Morgan fingerprint density at radius 1 is 1.63 bits per heavy atom. The number of hydrogen-bond acceptors (Lipinski definition) is 3. The van der Waals surface area contributed by atoms with Crippen molar-refractivity contribution in [3.8, 4) is 0 Å². The molecular formula is C13H16ClIN2O2. The van der Waals surface area contributed by atoms with Crippen LogP contribution in [0.4, 0.5) is 0 Å². The molecule has 1 aromatic carbocycles. The Morgan fingerprint density at radius 3 is 3.00 bits per heavy atom. The SMILES string of the molecule is CC(N)C1CN(C(=O)c2ccc(I)c(Cl)c2)CCO1. The van der Waals surface area contributed by atoms with Crippen molar-refractivity contribution in [2.45, 2.75) is 19.1 Å². The van der Waals surface area contributed by atoms with Gasteiger partial charge in [0.15, 0.2) is 0 Å².